The maximum Gasteiger partial charge on any atom is 0.410 e. The fourth-order valence-corrected chi connectivity index (χ4v) is 14.4. The van der Waals surface area contributed by atoms with Gasteiger partial charge in [0.25, 0.3) is 17.7 Å². The number of nitrogens with zero attached hydrogens (tertiary/aromatic N) is 5. The molecule has 9 heterocycles. The van der Waals surface area contributed by atoms with E-state index in [1.807, 2.05) is 76.8 Å². The van der Waals surface area contributed by atoms with Crippen LogP contribution in [0.4, 0.5) is 4.79 Å². The molecule has 3 aliphatic rings. The normalized spacial score (nSPS) is 15.2. The van der Waals surface area contributed by atoms with E-state index in [9.17, 15) is 28.8 Å². The average molecular weight is 1540 g/mol. The Morgan fingerprint density at radius 3 is 1.07 bits per heavy atom. The van der Waals surface area contributed by atoms with Crippen molar-refractivity contribution in [3.63, 3.8) is 0 Å². The van der Waals surface area contributed by atoms with E-state index >= 15 is 0 Å². The summed E-state index contributed by atoms with van der Waals surface area (Å²) in [6.07, 6.45) is 14.3. The van der Waals surface area contributed by atoms with E-state index in [2.05, 4.69) is 57.0 Å². The van der Waals surface area contributed by atoms with Gasteiger partial charge in [0, 0.05) is 75.8 Å². The third-order valence-electron chi connectivity index (χ3n) is 16.2. The number of nitrogens with one attached hydrogen (secondary N) is 4. The highest BCUT2D eigenvalue weighted by Gasteiger charge is 2.32. The third kappa shape index (κ3) is 31.4. The summed E-state index contributed by atoms with van der Waals surface area (Å²) in [5, 5.41) is 12.6. The predicted octanol–water partition coefficient (Wildman–Crippen LogP) is 18.2. The standard InChI is InChI=1S/C24H32ClN3O3S.C23H30ClN3O4S.C18H22ClN3O2S.C6H11ClO.2CH4.ClH/c1-24(2,3)14-22(29)28-11-9-16(10-12-28)13-18(17-5-8-21(31-4)26-15-17)27-23(30)19-6-7-20(25)32-19;1-23(2,3)31-22(29)27-11-9-15(10-12-27)13-17(16-5-8-20(30-4)25-14-16)26-21(28)18-6-7-19(24)32-18;1-24-17-5-2-13(11-21-17)14(10-12-6-8-20-9-7-12)22-18(23)15-3-4-16(19)25-15;1-6(2,3)4-5(7)8;;;/h5-8,15-16,18H,9-14H2,1-4H3,(H,27,30);5-8,14-15,17H,9-13H2,1-4H3,(H,26,28);2-5,11-12,14,20H,6-10H2,1H3,(H,22,23);4H2,1-3H3;2*1H4;1H/t18-;17-;14-;;;;/m000..../s1. The number of ether oxygens (including phenoxy) is 4. The summed E-state index contributed by atoms with van der Waals surface area (Å²) in [5.74, 6) is 2.82. The lowest BCUT2D eigenvalue weighted by Gasteiger charge is -2.35. The van der Waals surface area contributed by atoms with Crippen molar-refractivity contribution < 1.29 is 47.7 Å². The molecule has 9 rings (SSSR count). The van der Waals surface area contributed by atoms with Crippen molar-refractivity contribution in [3.8, 4) is 17.6 Å². The van der Waals surface area contributed by atoms with Crippen molar-refractivity contribution >= 4 is 128 Å². The van der Waals surface area contributed by atoms with Gasteiger partial charge in [-0.3, -0.25) is 24.0 Å². The molecule has 27 heteroatoms. The first kappa shape index (κ1) is 88.4. The first-order valence-corrected chi connectivity index (χ1v) is 36.7. The Balaban J connectivity index is 0.000000366. The van der Waals surface area contributed by atoms with Crippen LogP contribution in [0.2, 0.25) is 13.0 Å². The molecule has 3 atom stereocenters. The molecule has 554 valence electrons. The molecule has 0 bridgehead atoms. The summed E-state index contributed by atoms with van der Waals surface area (Å²) in [6, 6.07) is 21.2. The van der Waals surface area contributed by atoms with E-state index in [0.717, 1.165) is 101 Å². The Hall–Kier alpha value is -5.82. The van der Waals surface area contributed by atoms with E-state index in [-0.39, 0.29) is 91.2 Å². The van der Waals surface area contributed by atoms with Gasteiger partial charge in [-0.15, -0.1) is 46.4 Å². The van der Waals surface area contributed by atoms with Crippen LogP contribution in [-0.2, 0) is 14.3 Å². The van der Waals surface area contributed by atoms with Crippen molar-refractivity contribution in [3.05, 3.63) is 136 Å². The molecule has 3 aliphatic heterocycles. The molecule has 3 saturated heterocycles. The van der Waals surface area contributed by atoms with Crippen LogP contribution >= 0.6 is 92.8 Å². The second-order valence-corrected chi connectivity index (χ2v) is 33.3. The molecule has 0 aromatic carbocycles. The largest absolute Gasteiger partial charge is 0.481 e. The van der Waals surface area contributed by atoms with Crippen LogP contribution < -0.4 is 35.5 Å². The second-order valence-electron chi connectivity index (χ2n) is 27.8. The molecule has 0 unspecified atom stereocenters. The second kappa shape index (κ2) is 42.7. The minimum Gasteiger partial charge on any atom is -0.481 e. The quantitative estimate of drug-likeness (QED) is 0.0521. The number of thiophene rings is 3. The number of aromatic nitrogens is 3. The van der Waals surface area contributed by atoms with Gasteiger partial charge in [0.15, 0.2) is 0 Å². The zero-order valence-corrected chi connectivity index (χ0v) is 64.4. The molecular formula is C73H104Cl5N9O10S3. The number of halogens is 5. The molecule has 100 heavy (non-hydrogen) atoms. The number of amides is 5. The predicted molar refractivity (Wildman–Crippen MR) is 410 cm³/mol. The number of pyridine rings is 3. The van der Waals surface area contributed by atoms with Gasteiger partial charge in [-0.2, -0.15) is 0 Å². The molecule has 3 fully saturated rings. The fraction of sp³-hybridized carbons (Fsp3) is 0.548. The highest BCUT2D eigenvalue weighted by Crippen LogP contribution is 2.35. The molecule has 6 aromatic heterocycles. The van der Waals surface area contributed by atoms with E-state index in [4.69, 9.17) is 65.4 Å². The number of rotatable bonds is 20. The maximum absolute atomic E-state index is 12.8. The summed E-state index contributed by atoms with van der Waals surface area (Å²) < 4.78 is 22.7. The molecular weight excluding hydrogens is 1440 g/mol. The van der Waals surface area contributed by atoms with Crippen LogP contribution in [0, 0.1) is 28.6 Å². The summed E-state index contributed by atoms with van der Waals surface area (Å²) in [6.45, 7) is 22.7. The molecule has 5 amide bonds. The highest BCUT2D eigenvalue weighted by molar-refractivity contribution is 7.18. The number of piperidine rings is 3. The Bertz CT molecular complexity index is 3290. The molecule has 0 radical (unpaired) electrons. The van der Waals surface area contributed by atoms with Crippen LogP contribution in [-0.4, -0.2) is 126 Å². The average Bonchev–Trinajstić information content (AvgIpc) is 1.24. The summed E-state index contributed by atoms with van der Waals surface area (Å²) >= 11 is 26.9. The van der Waals surface area contributed by atoms with E-state index in [1.165, 1.54) is 34.0 Å². The van der Waals surface area contributed by atoms with E-state index in [0.29, 0.717) is 89.0 Å². The Morgan fingerprint density at radius 2 is 0.820 bits per heavy atom. The first-order chi connectivity index (χ1) is 45.9. The highest BCUT2D eigenvalue weighted by atomic mass is 35.5. The molecule has 4 N–H and O–H groups in total. The van der Waals surface area contributed by atoms with E-state index in [1.54, 1.807) is 87.3 Å². The first-order valence-electron chi connectivity index (χ1n) is 32.7. The molecule has 0 spiro atoms. The Morgan fingerprint density at radius 1 is 0.500 bits per heavy atom. The van der Waals surface area contributed by atoms with Crippen molar-refractivity contribution in [1.82, 2.24) is 46.0 Å². The van der Waals surface area contributed by atoms with Crippen LogP contribution in [0.1, 0.15) is 212 Å². The van der Waals surface area contributed by atoms with E-state index < -0.39 is 5.60 Å². The van der Waals surface area contributed by atoms with Gasteiger partial charge < -0.3 is 50.0 Å². The lowest BCUT2D eigenvalue weighted by molar-refractivity contribution is -0.134. The van der Waals surface area contributed by atoms with Crippen LogP contribution in [0.5, 0.6) is 17.6 Å². The SMILES string of the molecule is C.C.CC(C)(C)CC(=O)Cl.COc1ccc([C@H](CC2CCN(C(=O)CC(C)(C)C)CC2)NC(=O)c2ccc(Cl)s2)cn1.COc1ccc([C@H](CC2CCN(C(=O)OC(C)(C)C)CC2)NC(=O)c2ccc(Cl)s2)cn1.COc1ccc([C@H](CC2CCNCC2)NC(=O)c2ccc(Cl)s2)cn1.Cl. The van der Waals surface area contributed by atoms with Crippen LogP contribution in [0.3, 0.4) is 0 Å². The number of likely N-dealkylation sites (tertiary alicyclic amines) is 2. The Labute approximate surface area is 631 Å². The van der Waals surface area contributed by atoms with Gasteiger partial charge in [0.2, 0.25) is 28.8 Å². The number of methoxy groups -OCH3 is 3. The zero-order valence-electron chi connectivity index (χ0n) is 58.1. The molecule has 6 aromatic rings. The minimum absolute atomic E-state index is 0. The lowest BCUT2D eigenvalue weighted by atomic mass is 9.87. The number of carbonyl (C=O) groups excluding carboxylic acids is 6. The summed E-state index contributed by atoms with van der Waals surface area (Å²) in [7, 11) is 4.74. The maximum atomic E-state index is 12.8. The zero-order chi connectivity index (χ0) is 71.0. The topological polar surface area (TPSA) is 233 Å². The van der Waals surface area contributed by atoms with Crippen molar-refractivity contribution in [2.45, 2.75) is 172 Å². The van der Waals surface area contributed by atoms with Gasteiger partial charge in [-0.1, -0.05) is 109 Å². The molecule has 19 nitrogen and oxygen atoms in total. The van der Waals surface area contributed by atoms with Crippen molar-refractivity contribution in [1.29, 1.82) is 0 Å². The van der Waals surface area contributed by atoms with Crippen LogP contribution in [0.15, 0.2) is 91.4 Å². The van der Waals surface area contributed by atoms with Crippen LogP contribution in [0.25, 0.3) is 0 Å². The van der Waals surface area contributed by atoms with Gasteiger partial charge in [-0.05, 0) is 185 Å². The van der Waals surface area contributed by atoms with Crippen molar-refractivity contribution in [2.24, 2.45) is 28.6 Å². The van der Waals surface area contributed by atoms with Gasteiger partial charge in [-0.25, -0.2) is 19.7 Å². The smallest absolute Gasteiger partial charge is 0.410 e. The summed E-state index contributed by atoms with van der Waals surface area (Å²) in [4.78, 5) is 91.8. The third-order valence-corrected chi connectivity index (χ3v) is 20.0. The lowest BCUT2D eigenvalue weighted by Crippen LogP contribution is -2.42. The van der Waals surface area contributed by atoms with Crippen molar-refractivity contribution in [2.75, 3.05) is 60.6 Å². The minimum atomic E-state index is -0.505. The molecule has 0 aliphatic carbocycles. The summed E-state index contributed by atoms with van der Waals surface area (Å²) in [5.41, 5.74) is 2.38. The fourth-order valence-electron chi connectivity index (χ4n) is 11.2. The number of hydrogen-bond acceptors (Lipinski definition) is 17. The van der Waals surface area contributed by atoms with Gasteiger partial charge in [0.1, 0.15) is 5.60 Å². The Kier molecular flexibility index (Phi) is 37.7. The van der Waals surface area contributed by atoms with Gasteiger partial charge >= 0.3 is 6.09 Å². The van der Waals surface area contributed by atoms with Gasteiger partial charge in [0.05, 0.1) is 67.1 Å². The number of carbonyl (C=O) groups is 6. The number of hydrogen-bond donors (Lipinski definition) is 4. The molecule has 0 saturated carbocycles. The monoisotopic (exact) mass is 1540 g/mol.